The fourth-order valence-electron chi connectivity index (χ4n) is 2.48. The molecule has 0 aliphatic carbocycles. The number of hydrogen-bond acceptors (Lipinski definition) is 6. The van der Waals surface area contributed by atoms with E-state index < -0.39 is 35.8 Å². The third kappa shape index (κ3) is 4.63. The number of aryl methyl sites for hydroxylation is 1. The van der Waals surface area contributed by atoms with Crippen molar-refractivity contribution in [2.75, 3.05) is 0 Å². The van der Waals surface area contributed by atoms with Crippen LogP contribution in [0.3, 0.4) is 0 Å². The van der Waals surface area contributed by atoms with Crippen LogP contribution in [0.5, 0.6) is 17.4 Å². The molecule has 3 aromatic rings. The standard InChI is InChI=1S/C18H14ClF3N4O5/c1-8(16(27)28)30-10-3-4-15(23-7-10)31-14-6-13(12(20)5-11(14)19)26-18(29)25(17(21)22)9(2)24-26/h3-8,17H,1-2H3,(H,27,28). The van der Waals surface area contributed by atoms with Crippen molar-refractivity contribution in [2.45, 2.75) is 26.5 Å². The zero-order chi connectivity index (χ0) is 22.9. The quantitative estimate of drug-likeness (QED) is 0.576. The van der Waals surface area contributed by atoms with Crippen molar-refractivity contribution in [3.05, 3.63) is 57.6 Å². The highest BCUT2D eigenvalue weighted by Crippen LogP contribution is 2.32. The molecule has 31 heavy (non-hydrogen) atoms. The lowest BCUT2D eigenvalue weighted by atomic mass is 10.3. The highest BCUT2D eigenvalue weighted by Gasteiger charge is 2.22. The van der Waals surface area contributed by atoms with Crippen LogP contribution in [0.4, 0.5) is 13.2 Å². The molecule has 1 aromatic carbocycles. The van der Waals surface area contributed by atoms with E-state index in [1.54, 1.807) is 0 Å². The van der Waals surface area contributed by atoms with Crippen LogP contribution >= 0.6 is 11.6 Å². The fourth-order valence-corrected chi connectivity index (χ4v) is 2.67. The van der Waals surface area contributed by atoms with Crippen molar-refractivity contribution in [3.8, 4) is 23.1 Å². The van der Waals surface area contributed by atoms with E-state index in [1.165, 1.54) is 32.2 Å². The number of benzene rings is 1. The van der Waals surface area contributed by atoms with Gasteiger partial charge in [0.25, 0.3) is 0 Å². The monoisotopic (exact) mass is 458 g/mol. The van der Waals surface area contributed by atoms with Gasteiger partial charge in [-0.2, -0.15) is 13.5 Å². The van der Waals surface area contributed by atoms with Gasteiger partial charge in [-0.1, -0.05) is 11.6 Å². The number of alkyl halides is 2. The van der Waals surface area contributed by atoms with Crippen LogP contribution < -0.4 is 15.2 Å². The molecule has 13 heteroatoms. The first-order valence-corrected chi connectivity index (χ1v) is 8.95. The first-order valence-electron chi connectivity index (χ1n) is 8.57. The average molecular weight is 459 g/mol. The second-order valence-electron chi connectivity index (χ2n) is 6.16. The van der Waals surface area contributed by atoms with Crippen LogP contribution in [0.15, 0.2) is 35.3 Å². The second kappa shape index (κ2) is 8.68. The number of hydrogen-bond donors (Lipinski definition) is 1. The number of ether oxygens (including phenoxy) is 2. The highest BCUT2D eigenvalue weighted by molar-refractivity contribution is 6.32. The van der Waals surface area contributed by atoms with Gasteiger partial charge in [-0.3, -0.25) is 0 Å². The second-order valence-corrected chi connectivity index (χ2v) is 6.56. The molecule has 0 saturated heterocycles. The zero-order valence-corrected chi connectivity index (χ0v) is 16.7. The first kappa shape index (κ1) is 22.2. The van der Waals surface area contributed by atoms with Gasteiger partial charge in [0.15, 0.2) is 11.9 Å². The normalized spacial score (nSPS) is 12.1. The molecule has 0 fully saturated rings. The summed E-state index contributed by atoms with van der Waals surface area (Å²) in [6.07, 6.45) is 0.100. The molecule has 164 valence electrons. The number of halogens is 4. The van der Waals surface area contributed by atoms with Crippen molar-refractivity contribution >= 4 is 17.6 Å². The Labute approximate surface area is 177 Å². The van der Waals surface area contributed by atoms with Crippen molar-refractivity contribution < 1.29 is 32.5 Å². The molecule has 1 N–H and O–H groups in total. The van der Waals surface area contributed by atoms with Gasteiger partial charge in [0.05, 0.1) is 11.2 Å². The molecule has 1 atom stereocenters. The van der Waals surface area contributed by atoms with Crippen LogP contribution in [-0.2, 0) is 4.79 Å². The Morgan fingerprint density at radius 1 is 1.29 bits per heavy atom. The maximum atomic E-state index is 14.4. The third-order valence-electron chi connectivity index (χ3n) is 3.99. The molecule has 3 rings (SSSR count). The minimum Gasteiger partial charge on any atom is -0.479 e. The summed E-state index contributed by atoms with van der Waals surface area (Å²) in [5.74, 6) is -2.45. The number of aliphatic carboxylic acids is 1. The number of carboxylic acids is 1. The SMILES string of the molecule is Cc1nn(-c2cc(Oc3ccc(OC(C)C(=O)O)cn3)c(Cl)cc2F)c(=O)n1C(F)F. The topological polar surface area (TPSA) is 108 Å². The van der Waals surface area contributed by atoms with E-state index in [0.717, 1.165) is 12.1 Å². The van der Waals surface area contributed by atoms with Crippen LogP contribution in [0.25, 0.3) is 5.69 Å². The van der Waals surface area contributed by atoms with Crippen molar-refractivity contribution in [3.63, 3.8) is 0 Å². The number of aromatic nitrogens is 4. The number of nitrogens with zero attached hydrogens (tertiary/aromatic N) is 4. The number of pyridine rings is 1. The van der Waals surface area contributed by atoms with Gasteiger partial charge < -0.3 is 14.6 Å². The molecular weight excluding hydrogens is 445 g/mol. The Morgan fingerprint density at radius 2 is 2.00 bits per heavy atom. The smallest absolute Gasteiger partial charge is 0.355 e. The molecule has 1 unspecified atom stereocenters. The summed E-state index contributed by atoms with van der Waals surface area (Å²) >= 11 is 5.98. The van der Waals surface area contributed by atoms with Gasteiger partial charge in [-0.25, -0.2) is 23.5 Å². The summed E-state index contributed by atoms with van der Waals surface area (Å²) in [7, 11) is 0. The lowest BCUT2D eigenvalue weighted by molar-refractivity contribution is -0.144. The third-order valence-corrected chi connectivity index (χ3v) is 4.29. The molecule has 0 aliphatic heterocycles. The van der Waals surface area contributed by atoms with E-state index in [4.69, 9.17) is 26.2 Å². The summed E-state index contributed by atoms with van der Waals surface area (Å²) in [4.78, 5) is 26.9. The Bertz CT molecular complexity index is 1180. The van der Waals surface area contributed by atoms with Crippen LogP contribution in [-0.4, -0.2) is 36.5 Å². The van der Waals surface area contributed by atoms with E-state index in [0.29, 0.717) is 4.68 Å². The van der Waals surface area contributed by atoms with E-state index in [1.807, 2.05) is 0 Å². The summed E-state index contributed by atoms with van der Waals surface area (Å²) in [5, 5.41) is 12.3. The molecule has 2 aromatic heterocycles. The number of carboxylic acid groups (broad SMARTS) is 1. The van der Waals surface area contributed by atoms with E-state index in [2.05, 4.69) is 10.1 Å². The molecule has 0 radical (unpaired) electrons. The van der Waals surface area contributed by atoms with Crippen LogP contribution in [0.2, 0.25) is 5.02 Å². The van der Waals surface area contributed by atoms with Crippen molar-refractivity contribution in [1.82, 2.24) is 19.3 Å². The van der Waals surface area contributed by atoms with Crippen molar-refractivity contribution in [1.29, 1.82) is 0 Å². The minimum atomic E-state index is -3.15. The molecule has 0 spiro atoms. The maximum Gasteiger partial charge on any atom is 0.355 e. The predicted molar refractivity (Wildman–Crippen MR) is 101 cm³/mol. The largest absolute Gasteiger partial charge is 0.479 e. The van der Waals surface area contributed by atoms with Crippen LogP contribution in [0, 0.1) is 12.7 Å². The van der Waals surface area contributed by atoms with Gasteiger partial charge in [0.2, 0.25) is 5.88 Å². The fraction of sp³-hybridized carbons (Fsp3) is 0.222. The summed E-state index contributed by atoms with van der Waals surface area (Å²) < 4.78 is 51.6. The zero-order valence-electron chi connectivity index (χ0n) is 15.9. The molecule has 2 heterocycles. The predicted octanol–water partition coefficient (Wildman–Crippen LogP) is 3.57. The molecule has 0 aliphatic rings. The number of rotatable bonds is 7. The van der Waals surface area contributed by atoms with Crippen LogP contribution in [0.1, 0.15) is 19.3 Å². The van der Waals surface area contributed by atoms with Crippen molar-refractivity contribution in [2.24, 2.45) is 0 Å². The van der Waals surface area contributed by atoms with Gasteiger partial charge in [-0.15, -0.1) is 5.10 Å². The lowest BCUT2D eigenvalue weighted by Crippen LogP contribution is -2.25. The first-order chi connectivity index (χ1) is 14.6. The summed E-state index contributed by atoms with van der Waals surface area (Å²) in [6, 6.07) is 4.57. The highest BCUT2D eigenvalue weighted by atomic mass is 35.5. The Kier molecular flexibility index (Phi) is 6.20. The Balaban J connectivity index is 1.91. The lowest BCUT2D eigenvalue weighted by Gasteiger charge is -2.12. The maximum absolute atomic E-state index is 14.4. The molecular formula is C18H14ClF3N4O5. The van der Waals surface area contributed by atoms with Gasteiger partial charge in [-0.05, 0) is 26.0 Å². The van der Waals surface area contributed by atoms with E-state index in [-0.39, 0.29) is 32.8 Å². The Morgan fingerprint density at radius 3 is 2.55 bits per heavy atom. The number of carbonyl (C=O) groups is 1. The van der Waals surface area contributed by atoms with Gasteiger partial charge >= 0.3 is 18.2 Å². The molecule has 0 bridgehead atoms. The molecule has 9 nitrogen and oxygen atoms in total. The minimum absolute atomic E-state index is 0.0172. The summed E-state index contributed by atoms with van der Waals surface area (Å²) in [5.41, 5.74) is -1.70. The summed E-state index contributed by atoms with van der Waals surface area (Å²) in [6.45, 7) is -0.638. The Hall–Kier alpha value is -3.54. The average Bonchev–Trinajstić information content (AvgIpc) is 2.99. The molecule has 0 saturated carbocycles. The molecule has 0 amide bonds. The van der Waals surface area contributed by atoms with E-state index in [9.17, 15) is 22.8 Å². The van der Waals surface area contributed by atoms with Gasteiger partial charge in [0, 0.05) is 12.1 Å². The van der Waals surface area contributed by atoms with Gasteiger partial charge in [0.1, 0.15) is 23.0 Å². The van der Waals surface area contributed by atoms with E-state index >= 15 is 0 Å².